The second kappa shape index (κ2) is 7.78. The summed E-state index contributed by atoms with van der Waals surface area (Å²) in [4.78, 5) is 11.8. The van der Waals surface area contributed by atoms with E-state index in [9.17, 15) is 4.79 Å². The summed E-state index contributed by atoms with van der Waals surface area (Å²) in [5, 5.41) is 3.11. The molecule has 1 aliphatic rings. The fraction of sp³-hybridized carbons (Fsp3) is 0.562. The lowest BCUT2D eigenvalue weighted by Crippen LogP contribution is -2.36. The number of nitrogen functional groups attached to an aromatic ring is 1. The Labute approximate surface area is 120 Å². The van der Waals surface area contributed by atoms with Crippen molar-refractivity contribution in [2.24, 2.45) is 0 Å². The Morgan fingerprint density at radius 2 is 2.00 bits per heavy atom. The Balaban J connectivity index is 1.60. The molecule has 1 fully saturated rings. The first kappa shape index (κ1) is 14.7. The Bertz CT molecular complexity index is 428. The van der Waals surface area contributed by atoms with E-state index in [1.54, 1.807) is 0 Å². The van der Waals surface area contributed by atoms with Crippen molar-refractivity contribution in [3.8, 4) is 5.75 Å². The maximum Gasteiger partial charge on any atom is 0.220 e. The van der Waals surface area contributed by atoms with Crippen LogP contribution in [0.15, 0.2) is 24.3 Å². The van der Waals surface area contributed by atoms with E-state index in [4.69, 9.17) is 10.5 Å². The molecule has 0 unspecified atom stereocenters. The normalized spacial score (nSPS) is 15.8. The number of benzene rings is 1. The minimum absolute atomic E-state index is 0.140. The highest BCUT2D eigenvalue weighted by molar-refractivity contribution is 5.76. The Morgan fingerprint density at radius 3 is 2.75 bits per heavy atom. The average Bonchev–Trinajstić information content (AvgIpc) is 2.46. The van der Waals surface area contributed by atoms with Gasteiger partial charge in [0, 0.05) is 12.5 Å². The van der Waals surface area contributed by atoms with Crippen LogP contribution in [0.3, 0.4) is 0 Å². The predicted octanol–water partition coefficient (Wildman–Crippen LogP) is 2.88. The van der Waals surface area contributed by atoms with Crippen molar-refractivity contribution >= 4 is 11.6 Å². The van der Waals surface area contributed by atoms with Gasteiger partial charge in [0.2, 0.25) is 5.91 Å². The summed E-state index contributed by atoms with van der Waals surface area (Å²) in [6.07, 6.45) is 7.27. The largest absolute Gasteiger partial charge is 0.491 e. The van der Waals surface area contributed by atoms with Crippen molar-refractivity contribution in [3.05, 3.63) is 24.3 Å². The van der Waals surface area contributed by atoms with Gasteiger partial charge >= 0.3 is 0 Å². The van der Waals surface area contributed by atoms with Crippen LogP contribution >= 0.6 is 0 Å². The van der Waals surface area contributed by atoms with Crippen LogP contribution in [0.2, 0.25) is 0 Å². The molecule has 4 heteroatoms. The molecule has 1 aromatic rings. The van der Waals surface area contributed by atoms with Gasteiger partial charge in [-0.05, 0) is 31.4 Å². The summed E-state index contributed by atoms with van der Waals surface area (Å²) in [5.74, 6) is 0.835. The third-order valence-corrected chi connectivity index (χ3v) is 3.70. The molecular formula is C16H24N2O2. The van der Waals surface area contributed by atoms with Crippen LogP contribution in [0, 0.1) is 0 Å². The van der Waals surface area contributed by atoms with E-state index in [0.29, 0.717) is 36.9 Å². The standard InChI is InChI=1S/C16H24N2O2/c17-14-9-4-5-10-15(14)20-12-6-11-16(19)18-13-7-2-1-3-8-13/h4-5,9-10,13H,1-3,6-8,11-12,17H2,(H,18,19). The zero-order valence-corrected chi connectivity index (χ0v) is 11.9. The third-order valence-electron chi connectivity index (χ3n) is 3.70. The third kappa shape index (κ3) is 4.76. The van der Waals surface area contributed by atoms with E-state index >= 15 is 0 Å². The van der Waals surface area contributed by atoms with Crippen molar-refractivity contribution < 1.29 is 9.53 Å². The number of nitrogens with one attached hydrogen (secondary N) is 1. The van der Waals surface area contributed by atoms with Crippen LogP contribution in [0.1, 0.15) is 44.9 Å². The van der Waals surface area contributed by atoms with Crippen LogP contribution in [-0.4, -0.2) is 18.6 Å². The number of hydrogen-bond acceptors (Lipinski definition) is 3. The summed E-state index contributed by atoms with van der Waals surface area (Å²) in [5.41, 5.74) is 6.42. The summed E-state index contributed by atoms with van der Waals surface area (Å²) in [7, 11) is 0. The molecule has 0 saturated heterocycles. The molecule has 1 saturated carbocycles. The van der Waals surface area contributed by atoms with Gasteiger partial charge in [-0.25, -0.2) is 0 Å². The van der Waals surface area contributed by atoms with Crippen molar-refractivity contribution in [3.63, 3.8) is 0 Å². The number of amides is 1. The van der Waals surface area contributed by atoms with Crippen LogP contribution in [0.4, 0.5) is 5.69 Å². The maximum atomic E-state index is 11.8. The highest BCUT2D eigenvalue weighted by Gasteiger charge is 2.15. The van der Waals surface area contributed by atoms with Crippen molar-refractivity contribution in [1.82, 2.24) is 5.32 Å². The molecule has 0 atom stereocenters. The highest BCUT2D eigenvalue weighted by atomic mass is 16.5. The van der Waals surface area contributed by atoms with Gasteiger partial charge in [-0.1, -0.05) is 31.4 Å². The molecule has 3 N–H and O–H groups in total. The van der Waals surface area contributed by atoms with E-state index in [0.717, 1.165) is 12.8 Å². The van der Waals surface area contributed by atoms with Gasteiger partial charge in [-0.15, -0.1) is 0 Å². The Hall–Kier alpha value is -1.71. The quantitative estimate of drug-likeness (QED) is 0.620. The van der Waals surface area contributed by atoms with E-state index in [1.807, 2.05) is 24.3 Å². The van der Waals surface area contributed by atoms with Gasteiger partial charge in [-0.3, -0.25) is 4.79 Å². The van der Waals surface area contributed by atoms with E-state index in [-0.39, 0.29) is 5.91 Å². The van der Waals surface area contributed by atoms with Crippen molar-refractivity contribution in [2.45, 2.75) is 51.0 Å². The second-order valence-electron chi connectivity index (χ2n) is 5.39. The Morgan fingerprint density at radius 1 is 1.25 bits per heavy atom. The number of anilines is 1. The van der Waals surface area contributed by atoms with Gasteiger partial charge in [0.25, 0.3) is 0 Å². The zero-order chi connectivity index (χ0) is 14.2. The summed E-state index contributed by atoms with van der Waals surface area (Å²) in [6, 6.07) is 7.81. The minimum Gasteiger partial charge on any atom is -0.491 e. The molecule has 1 aromatic carbocycles. The first-order valence-electron chi connectivity index (χ1n) is 7.52. The topological polar surface area (TPSA) is 64.3 Å². The molecule has 20 heavy (non-hydrogen) atoms. The molecule has 2 rings (SSSR count). The lowest BCUT2D eigenvalue weighted by molar-refractivity contribution is -0.122. The molecule has 1 amide bonds. The van der Waals surface area contributed by atoms with Crippen molar-refractivity contribution in [2.75, 3.05) is 12.3 Å². The number of ether oxygens (including phenoxy) is 1. The van der Waals surface area contributed by atoms with E-state index < -0.39 is 0 Å². The van der Waals surface area contributed by atoms with E-state index in [1.165, 1.54) is 19.3 Å². The molecule has 0 spiro atoms. The smallest absolute Gasteiger partial charge is 0.220 e. The molecule has 110 valence electrons. The maximum absolute atomic E-state index is 11.8. The average molecular weight is 276 g/mol. The lowest BCUT2D eigenvalue weighted by atomic mass is 9.95. The van der Waals surface area contributed by atoms with Crippen LogP contribution in [0.25, 0.3) is 0 Å². The second-order valence-corrected chi connectivity index (χ2v) is 5.39. The van der Waals surface area contributed by atoms with Crippen LogP contribution in [0.5, 0.6) is 5.75 Å². The van der Waals surface area contributed by atoms with E-state index in [2.05, 4.69) is 5.32 Å². The fourth-order valence-corrected chi connectivity index (χ4v) is 2.57. The van der Waals surface area contributed by atoms with Gasteiger partial charge < -0.3 is 15.8 Å². The Kier molecular flexibility index (Phi) is 5.71. The molecule has 0 aliphatic heterocycles. The molecular weight excluding hydrogens is 252 g/mol. The van der Waals surface area contributed by atoms with Gasteiger partial charge in [0.1, 0.15) is 5.75 Å². The first-order chi connectivity index (χ1) is 9.75. The minimum atomic E-state index is 0.140. The first-order valence-corrected chi connectivity index (χ1v) is 7.52. The molecule has 0 aromatic heterocycles. The number of para-hydroxylation sites is 2. The number of hydrogen-bond donors (Lipinski definition) is 2. The summed E-state index contributed by atoms with van der Waals surface area (Å²) >= 11 is 0. The van der Waals surface area contributed by atoms with Gasteiger partial charge in [0.15, 0.2) is 0 Å². The molecule has 0 heterocycles. The number of carbonyl (C=O) groups excluding carboxylic acids is 1. The van der Waals surface area contributed by atoms with Gasteiger partial charge in [-0.2, -0.15) is 0 Å². The predicted molar refractivity (Wildman–Crippen MR) is 80.6 cm³/mol. The fourth-order valence-electron chi connectivity index (χ4n) is 2.57. The lowest BCUT2D eigenvalue weighted by Gasteiger charge is -2.22. The molecule has 0 radical (unpaired) electrons. The highest BCUT2D eigenvalue weighted by Crippen LogP contribution is 2.20. The number of rotatable bonds is 6. The summed E-state index contributed by atoms with van der Waals surface area (Å²) in [6.45, 7) is 0.520. The molecule has 0 bridgehead atoms. The van der Waals surface area contributed by atoms with Crippen molar-refractivity contribution in [1.29, 1.82) is 0 Å². The zero-order valence-electron chi connectivity index (χ0n) is 11.9. The number of carbonyl (C=O) groups is 1. The monoisotopic (exact) mass is 276 g/mol. The van der Waals surface area contributed by atoms with Gasteiger partial charge in [0.05, 0.1) is 12.3 Å². The molecule has 4 nitrogen and oxygen atoms in total. The molecule has 1 aliphatic carbocycles. The van der Waals surface area contributed by atoms with Crippen LogP contribution in [-0.2, 0) is 4.79 Å². The summed E-state index contributed by atoms with van der Waals surface area (Å²) < 4.78 is 5.57. The SMILES string of the molecule is Nc1ccccc1OCCCC(=O)NC1CCCCC1. The number of nitrogens with two attached hydrogens (primary N) is 1. The van der Waals surface area contributed by atoms with Crippen LogP contribution < -0.4 is 15.8 Å².